The number of hydrogen-bond acceptors (Lipinski definition) is 3. The molecule has 0 spiro atoms. The van der Waals surface area contributed by atoms with Crippen LogP contribution in [-0.2, 0) is 4.79 Å². The summed E-state index contributed by atoms with van der Waals surface area (Å²) >= 11 is 0. The molecule has 0 radical (unpaired) electrons. The average Bonchev–Trinajstić information content (AvgIpc) is 3.05. The number of carbonyl (C=O) groups is 2. The fourth-order valence-corrected chi connectivity index (χ4v) is 2.85. The Morgan fingerprint density at radius 2 is 1.78 bits per heavy atom. The van der Waals surface area contributed by atoms with Gasteiger partial charge in [0.25, 0.3) is 5.91 Å². The highest BCUT2D eigenvalue weighted by molar-refractivity contribution is 5.98. The number of benzene rings is 1. The van der Waals surface area contributed by atoms with Crippen LogP contribution < -0.4 is 10.2 Å². The zero-order valence-electron chi connectivity index (χ0n) is 14.4. The van der Waals surface area contributed by atoms with E-state index in [-0.39, 0.29) is 17.7 Å². The number of hydrogen-bond donors (Lipinski definition) is 1. The molecule has 0 heterocycles. The molecule has 0 aliphatic heterocycles. The van der Waals surface area contributed by atoms with Crippen LogP contribution in [0.5, 0.6) is 5.75 Å². The molecule has 1 N–H and O–H groups in total. The van der Waals surface area contributed by atoms with Crippen LogP contribution in [0, 0.1) is 5.92 Å². The van der Waals surface area contributed by atoms with Gasteiger partial charge in [0.1, 0.15) is 5.75 Å². The number of nitrogens with one attached hydrogen (secondary N) is 1. The lowest BCUT2D eigenvalue weighted by Crippen LogP contribution is -2.57. The Balaban J connectivity index is 2.24. The maximum Gasteiger partial charge on any atom is 0.276 e. The van der Waals surface area contributed by atoms with E-state index in [2.05, 4.69) is 5.43 Å². The van der Waals surface area contributed by atoms with E-state index in [4.69, 9.17) is 4.74 Å². The van der Waals surface area contributed by atoms with Crippen molar-refractivity contribution in [1.29, 1.82) is 0 Å². The highest BCUT2D eigenvalue weighted by Gasteiger charge is 2.33. The number of hydrazine groups is 1. The Hall–Kier alpha value is -2.04. The monoisotopic (exact) mass is 318 g/mol. The molecule has 0 unspecified atom stereocenters. The minimum absolute atomic E-state index is 0.00492. The van der Waals surface area contributed by atoms with Gasteiger partial charge in [0.2, 0.25) is 5.91 Å². The molecule has 23 heavy (non-hydrogen) atoms. The van der Waals surface area contributed by atoms with Crippen LogP contribution in [0.25, 0.3) is 0 Å². The summed E-state index contributed by atoms with van der Waals surface area (Å²) in [5.41, 5.74) is 2.74. The van der Waals surface area contributed by atoms with Gasteiger partial charge in [-0.05, 0) is 45.7 Å². The van der Waals surface area contributed by atoms with Gasteiger partial charge in [0.05, 0.1) is 18.2 Å². The second kappa shape index (κ2) is 7.02. The van der Waals surface area contributed by atoms with E-state index < -0.39 is 5.54 Å². The van der Waals surface area contributed by atoms with Crippen LogP contribution in [-0.4, -0.2) is 29.5 Å². The first-order valence-electron chi connectivity index (χ1n) is 8.12. The van der Waals surface area contributed by atoms with Crippen LogP contribution in [0.1, 0.15) is 56.8 Å². The molecule has 1 aromatic rings. The number of nitrogens with zero attached hydrogens (tertiary/aromatic N) is 1. The van der Waals surface area contributed by atoms with Crippen molar-refractivity contribution in [2.45, 2.75) is 52.0 Å². The standard InChI is InChI=1S/C18H26N2O3/c1-18(2,3)20(19-16(21)13-9-5-6-10-13)17(22)14-11-7-8-12-15(14)23-4/h7-8,11-13H,5-6,9-10H2,1-4H3,(H,19,21). The second-order valence-corrected chi connectivity index (χ2v) is 6.97. The number of ether oxygens (including phenoxy) is 1. The number of para-hydroxylation sites is 1. The molecule has 2 rings (SSSR count). The number of methoxy groups -OCH3 is 1. The van der Waals surface area contributed by atoms with Crippen LogP contribution in [0.4, 0.5) is 0 Å². The lowest BCUT2D eigenvalue weighted by molar-refractivity contribution is -0.130. The van der Waals surface area contributed by atoms with Gasteiger partial charge in [-0.1, -0.05) is 25.0 Å². The van der Waals surface area contributed by atoms with Crippen molar-refractivity contribution in [2.24, 2.45) is 5.92 Å². The Kier molecular flexibility index (Phi) is 5.29. The lowest BCUT2D eigenvalue weighted by atomic mass is 10.0. The quantitative estimate of drug-likeness (QED) is 0.871. The van der Waals surface area contributed by atoms with Crippen molar-refractivity contribution >= 4 is 11.8 Å². The van der Waals surface area contributed by atoms with Gasteiger partial charge in [-0.15, -0.1) is 0 Å². The largest absolute Gasteiger partial charge is 0.496 e. The van der Waals surface area contributed by atoms with Crippen molar-refractivity contribution in [3.05, 3.63) is 29.8 Å². The maximum atomic E-state index is 13.0. The molecule has 0 aromatic heterocycles. The zero-order valence-corrected chi connectivity index (χ0v) is 14.4. The van der Waals surface area contributed by atoms with Crippen LogP contribution in [0.15, 0.2) is 24.3 Å². The highest BCUT2D eigenvalue weighted by Crippen LogP contribution is 2.26. The summed E-state index contributed by atoms with van der Waals surface area (Å²) in [6.45, 7) is 5.69. The van der Waals surface area contributed by atoms with E-state index in [1.54, 1.807) is 18.2 Å². The average molecular weight is 318 g/mol. The van der Waals surface area contributed by atoms with Crippen molar-refractivity contribution in [3.63, 3.8) is 0 Å². The smallest absolute Gasteiger partial charge is 0.276 e. The fourth-order valence-electron chi connectivity index (χ4n) is 2.85. The third-order valence-electron chi connectivity index (χ3n) is 4.16. The molecule has 1 aliphatic rings. The van der Waals surface area contributed by atoms with Gasteiger partial charge < -0.3 is 4.74 Å². The molecule has 0 atom stereocenters. The summed E-state index contributed by atoms with van der Waals surface area (Å²) in [4.78, 5) is 25.4. The zero-order chi connectivity index (χ0) is 17.0. The summed E-state index contributed by atoms with van der Waals surface area (Å²) in [6.07, 6.45) is 3.95. The first-order chi connectivity index (χ1) is 10.8. The first-order valence-corrected chi connectivity index (χ1v) is 8.12. The highest BCUT2D eigenvalue weighted by atomic mass is 16.5. The third kappa shape index (κ3) is 4.03. The Morgan fingerprint density at radius 1 is 1.17 bits per heavy atom. The van der Waals surface area contributed by atoms with E-state index in [1.165, 1.54) is 12.1 Å². The Morgan fingerprint density at radius 3 is 2.35 bits per heavy atom. The van der Waals surface area contributed by atoms with E-state index in [0.29, 0.717) is 11.3 Å². The molecule has 126 valence electrons. The van der Waals surface area contributed by atoms with Gasteiger partial charge in [-0.2, -0.15) is 0 Å². The van der Waals surface area contributed by atoms with Gasteiger partial charge >= 0.3 is 0 Å². The molecule has 1 saturated carbocycles. The van der Waals surface area contributed by atoms with E-state index in [0.717, 1.165) is 25.7 Å². The van der Waals surface area contributed by atoms with Crippen molar-refractivity contribution in [3.8, 4) is 5.75 Å². The SMILES string of the molecule is COc1ccccc1C(=O)N(NC(=O)C1CCCC1)C(C)(C)C. The minimum atomic E-state index is -0.536. The summed E-state index contributed by atoms with van der Waals surface area (Å²) < 4.78 is 5.27. The summed E-state index contributed by atoms with van der Waals surface area (Å²) in [5, 5.41) is 1.42. The summed E-state index contributed by atoms with van der Waals surface area (Å²) in [5.74, 6) is 0.175. The first kappa shape index (κ1) is 17.3. The second-order valence-electron chi connectivity index (χ2n) is 6.97. The molecule has 5 heteroatoms. The van der Waals surface area contributed by atoms with Crippen molar-refractivity contribution in [2.75, 3.05) is 7.11 Å². The van der Waals surface area contributed by atoms with E-state index in [1.807, 2.05) is 26.8 Å². The number of rotatable bonds is 3. The molecular weight excluding hydrogens is 292 g/mol. The summed E-state index contributed by atoms with van der Waals surface area (Å²) in [6, 6.07) is 7.05. The molecule has 0 bridgehead atoms. The topological polar surface area (TPSA) is 58.6 Å². The number of carbonyl (C=O) groups excluding carboxylic acids is 2. The summed E-state index contributed by atoms with van der Waals surface area (Å²) in [7, 11) is 1.53. The maximum absolute atomic E-state index is 13.0. The molecule has 1 aliphatic carbocycles. The van der Waals surface area contributed by atoms with E-state index in [9.17, 15) is 9.59 Å². The molecule has 0 saturated heterocycles. The third-order valence-corrected chi connectivity index (χ3v) is 4.16. The van der Waals surface area contributed by atoms with Crippen molar-refractivity contribution < 1.29 is 14.3 Å². The fraction of sp³-hybridized carbons (Fsp3) is 0.556. The molecule has 5 nitrogen and oxygen atoms in total. The minimum Gasteiger partial charge on any atom is -0.496 e. The van der Waals surface area contributed by atoms with Gasteiger partial charge in [-0.3, -0.25) is 15.0 Å². The molecule has 1 fully saturated rings. The molecule has 2 amide bonds. The molecular formula is C18H26N2O3. The van der Waals surface area contributed by atoms with Gasteiger partial charge in [0, 0.05) is 5.92 Å². The predicted molar refractivity (Wildman–Crippen MR) is 89.0 cm³/mol. The van der Waals surface area contributed by atoms with E-state index >= 15 is 0 Å². The predicted octanol–water partition coefficient (Wildman–Crippen LogP) is 3.16. The van der Waals surface area contributed by atoms with Crippen molar-refractivity contribution in [1.82, 2.24) is 10.4 Å². The number of amides is 2. The lowest BCUT2D eigenvalue weighted by Gasteiger charge is -2.36. The van der Waals surface area contributed by atoms with Gasteiger partial charge in [-0.25, -0.2) is 5.01 Å². The van der Waals surface area contributed by atoms with Crippen LogP contribution in [0.2, 0.25) is 0 Å². The normalized spacial score (nSPS) is 15.3. The van der Waals surface area contributed by atoms with Crippen LogP contribution in [0.3, 0.4) is 0 Å². The van der Waals surface area contributed by atoms with Crippen LogP contribution >= 0.6 is 0 Å². The molecule has 1 aromatic carbocycles. The Bertz CT molecular complexity index is 572. The van der Waals surface area contributed by atoms with Gasteiger partial charge in [0.15, 0.2) is 0 Å². The Labute approximate surface area is 138 Å².